The number of ether oxygens (including phenoxy) is 1. The maximum Gasteiger partial charge on any atom is 0.410 e. The van der Waals surface area contributed by atoms with Crippen LogP contribution in [0.1, 0.15) is 13.8 Å². The summed E-state index contributed by atoms with van der Waals surface area (Å²) in [7, 11) is 0. The van der Waals surface area contributed by atoms with Crippen molar-refractivity contribution < 1.29 is 19.7 Å². The molecule has 0 radical (unpaired) electrons. The second-order valence-electron chi connectivity index (χ2n) is 3.47. The standard InChI is InChI=1S/C8H15NO4/c1-5(2)13-8(12)9-3-6(10)7(11)4-9/h5-7,10-11H,3-4H2,1-2H3. The van der Waals surface area contributed by atoms with Crippen molar-refractivity contribution in [3.8, 4) is 0 Å². The van der Waals surface area contributed by atoms with Crippen molar-refractivity contribution in [2.24, 2.45) is 0 Å². The quantitative estimate of drug-likeness (QED) is 0.587. The predicted octanol–water partition coefficient (Wildman–Crippen LogP) is -0.431. The molecule has 2 atom stereocenters. The van der Waals surface area contributed by atoms with E-state index in [0.717, 1.165) is 0 Å². The van der Waals surface area contributed by atoms with Gasteiger partial charge in [0.15, 0.2) is 0 Å². The van der Waals surface area contributed by atoms with Crippen LogP contribution in [-0.2, 0) is 4.74 Å². The Kier molecular flexibility index (Phi) is 3.11. The number of hydrogen-bond acceptors (Lipinski definition) is 4. The molecule has 0 spiro atoms. The van der Waals surface area contributed by atoms with Gasteiger partial charge in [0, 0.05) is 0 Å². The van der Waals surface area contributed by atoms with E-state index < -0.39 is 18.3 Å². The van der Waals surface area contributed by atoms with Crippen LogP contribution in [0, 0.1) is 0 Å². The van der Waals surface area contributed by atoms with Crippen LogP contribution in [0.25, 0.3) is 0 Å². The molecule has 1 heterocycles. The fraction of sp³-hybridized carbons (Fsp3) is 0.875. The average molecular weight is 189 g/mol. The molecule has 0 aromatic heterocycles. The first kappa shape index (κ1) is 10.3. The van der Waals surface area contributed by atoms with Crippen LogP contribution in [0.5, 0.6) is 0 Å². The van der Waals surface area contributed by atoms with Crippen molar-refractivity contribution in [1.29, 1.82) is 0 Å². The van der Waals surface area contributed by atoms with Gasteiger partial charge in [0.05, 0.1) is 31.4 Å². The van der Waals surface area contributed by atoms with Crippen molar-refractivity contribution in [2.75, 3.05) is 13.1 Å². The predicted molar refractivity (Wildman–Crippen MR) is 45.2 cm³/mol. The SMILES string of the molecule is CC(C)OC(=O)N1CC(O)C(O)C1. The normalized spacial score (nSPS) is 28.2. The molecule has 1 fully saturated rings. The third-order valence-electron chi connectivity index (χ3n) is 1.85. The number of carbonyl (C=O) groups excluding carboxylic acids is 1. The van der Waals surface area contributed by atoms with Gasteiger partial charge in [-0.2, -0.15) is 0 Å². The summed E-state index contributed by atoms with van der Waals surface area (Å²) < 4.78 is 4.90. The fourth-order valence-corrected chi connectivity index (χ4v) is 1.19. The molecule has 2 N–H and O–H groups in total. The molecule has 1 aliphatic heterocycles. The summed E-state index contributed by atoms with van der Waals surface area (Å²) in [6.45, 7) is 3.79. The largest absolute Gasteiger partial charge is 0.447 e. The van der Waals surface area contributed by atoms with Crippen LogP contribution >= 0.6 is 0 Å². The molecule has 13 heavy (non-hydrogen) atoms. The van der Waals surface area contributed by atoms with Gasteiger partial charge in [-0.1, -0.05) is 0 Å². The molecule has 0 aromatic rings. The van der Waals surface area contributed by atoms with Crippen molar-refractivity contribution in [3.05, 3.63) is 0 Å². The first-order chi connectivity index (χ1) is 6.00. The van der Waals surface area contributed by atoms with Gasteiger partial charge in [-0.05, 0) is 13.8 Å². The van der Waals surface area contributed by atoms with E-state index >= 15 is 0 Å². The molecule has 1 rings (SSSR count). The van der Waals surface area contributed by atoms with Gasteiger partial charge in [0.2, 0.25) is 0 Å². The first-order valence-electron chi connectivity index (χ1n) is 4.32. The van der Waals surface area contributed by atoms with Crippen molar-refractivity contribution in [1.82, 2.24) is 4.90 Å². The summed E-state index contributed by atoms with van der Waals surface area (Å²) in [6, 6.07) is 0. The molecular weight excluding hydrogens is 174 g/mol. The van der Waals surface area contributed by atoms with Gasteiger partial charge in [0.1, 0.15) is 0 Å². The molecule has 0 aliphatic carbocycles. The zero-order valence-corrected chi connectivity index (χ0v) is 7.80. The van der Waals surface area contributed by atoms with Crippen LogP contribution < -0.4 is 0 Å². The fourth-order valence-electron chi connectivity index (χ4n) is 1.19. The molecule has 0 aromatic carbocycles. The lowest BCUT2D eigenvalue weighted by molar-refractivity contribution is 0.0572. The van der Waals surface area contributed by atoms with Gasteiger partial charge in [-0.25, -0.2) is 4.79 Å². The van der Waals surface area contributed by atoms with Crippen LogP contribution in [0.4, 0.5) is 4.79 Å². The Bertz CT molecular complexity index is 185. The van der Waals surface area contributed by atoms with Gasteiger partial charge in [-0.15, -0.1) is 0 Å². The second kappa shape index (κ2) is 3.93. The summed E-state index contributed by atoms with van der Waals surface area (Å²) in [4.78, 5) is 12.5. The summed E-state index contributed by atoms with van der Waals surface area (Å²) in [5.41, 5.74) is 0. The summed E-state index contributed by atoms with van der Waals surface area (Å²) in [6.07, 6.45) is -2.35. The number of aliphatic hydroxyl groups excluding tert-OH is 2. The van der Waals surface area contributed by atoms with E-state index in [2.05, 4.69) is 0 Å². The zero-order valence-electron chi connectivity index (χ0n) is 7.80. The molecule has 1 saturated heterocycles. The Morgan fingerprint density at radius 3 is 2.23 bits per heavy atom. The lowest BCUT2D eigenvalue weighted by Gasteiger charge is -2.16. The number of hydrogen-bond donors (Lipinski definition) is 2. The van der Waals surface area contributed by atoms with E-state index in [4.69, 9.17) is 14.9 Å². The van der Waals surface area contributed by atoms with Gasteiger partial charge in [-0.3, -0.25) is 0 Å². The van der Waals surface area contributed by atoms with Crippen molar-refractivity contribution in [3.63, 3.8) is 0 Å². The Morgan fingerprint density at radius 2 is 1.85 bits per heavy atom. The summed E-state index contributed by atoms with van der Waals surface area (Å²) >= 11 is 0. The van der Waals surface area contributed by atoms with E-state index in [-0.39, 0.29) is 19.2 Å². The molecule has 1 aliphatic rings. The molecule has 5 heteroatoms. The molecule has 2 unspecified atom stereocenters. The molecule has 5 nitrogen and oxygen atoms in total. The van der Waals surface area contributed by atoms with Gasteiger partial charge in [0.25, 0.3) is 0 Å². The highest BCUT2D eigenvalue weighted by molar-refractivity contribution is 5.68. The van der Waals surface area contributed by atoms with E-state index in [0.29, 0.717) is 0 Å². The number of nitrogens with zero attached hydrogens (tertiary/aromatic N) is 1. The number of likely N-dealkylation sites (tertiary alicyclic amines) is 1. The van der Waals surface area contributed by atoms with Crippen molar-refractivity contribution >= 4 is 6.09 Å². The van der Waals surface area contributed by atoms with E-state index in [1.54, 1.807) is 13.8 Å². The zero-order chi connectivity index (χ0) is 10.0. The third-order valence-corrected chi connectivity index (χ3v) is 1.85. The minimum absolute atomic E-state index is 0.146. The molecule has 76 valence electrons. The minimum atomic E-state index is -0.847. The van der Waals surface area contributed by atoms with E-state index in [9.17, 15) is 4.79 Å². The minimum Gasteiger partial charge on any atom is -0.447 e. The van der Waals surface area contributed by atoms with Crippen molar-refractivity contribution in [2.45, 2.75) is 32.2 Å². The van der Waals surface area contributed by atoms with E-state index in [1.165, 1.54) is 4.90 Å². The monoisotopic (exact) mass is 189 g/mol. The Labute approximate surface area is 76.9 Å². The van der Waals surface area contributed by atoms with Gasteiger partial charge >= 0.3 is 6.09 Å². The molecule has 0 bridgehead atoms. The van der Waals surface area contributed by atoms with Gasteiger partial charge < -0.3 is 19.8 Å². The summed E-state index contributed by atoms with van der Waals surface area (Å²) in [5, 5.41) is 18.3. The Hall–Kier alpha value is -0.810. The maximum absolute atomic E-state index is 11.2. The maximum atomic E-state index is 11.2. The van der Waals surface area contributed by atoms with Crippen LogP contribution in [0.3, 0.4) is 0 Å². The lowest BCUT2D eigenvalue weighted by Crippen LogP contribution is -2.32. The number of β-amino-alcohol motifs (C(OH)–C–C–N with tert-alkyl or cyclic N) is 2. The highest BCUT2D eigenvalue weighted by Crippen LogP contribution is 2.11. The van der Waals surface area contributed by atoms with Crippen LogP contribution in [0.2, 0.25) is 0 Å². The number of amides is 1. The number of aliphatic hydroxyl groups is 2. The van der Waals surface area contributed by atoms with Crippen LogP contribution in [0.15, 0.2) is 0 Å². The third kappa shape index (κ3) is 2.57. The first-order valence-corrected chi connectivity index (χ1v) is 4.32. The second-order valence-corrected chi connectivity index (χ2v) is 3.47. The lowest BCUT2D eigenvalue weighted by atomic mass is 10.3. The Balaban J connectivity index is 2.42. The topological polar surface area (TPSA) is 70.0 Å². The molecule has 0 saturated carbocycles. The Morgan fingerprint density at radius 1 is 1.38 bits per heavy atom. The number of rotatable bonds is 1. The number of carbonyl (C=O) groups is 1. The molecular formula is C8H15NO4. The highest BCUT2D eigenvalue weighted by atomic mass is 16.6. The summed E-state index contributed by atoms with van der Waals surface area (Å²) in [5.74, 6) is 0. The van der Waals surface area contributed by atoms with Crippen LogP contribution in [-0.4, -0.2) is 52.6 Å². The molecule has 1 amide bonds. The highest BCUT2D eigenvalue weighted by Gasteiger charge is 2.33. The van der Waals surface area contributed by atoms with E-state index in [1.807, 2.05) is 0 Å². The smallest absolute Gasteiger partial charge is 0.410 e. The average Bonchev–Trinajstić information content (AvgIpc) is 2.31.